The van der Waals surface area contributed by atoms with E-state index in [1.54, 1.807) is 4.90 Å². The van der Waals surface area contributed by atoms with E-state index in [-0.39, 0.29) is 18.1 Å². The Morgan fingerprint density at radius 3 is 2.59 bits per heavy atom. The summed E-state index contributed by atoms with van der Waals surface area (Å²) in [5.74, 6) is 0.611. The zero-order valence-electron chi connectivity index (χ0n) is 11.0. The van der Waals surface area contributed by atoms with E-state index in [0.29, 0.717) is 19.0 Å². The zero-order chi connectivity index (χ0) is 12.7. The summed E-state index contributed by atoms with van der Waals surface area (Å²) in [5.41, 5.74) is -0.488. The van der Waals surface area contributed by atoms with Crippen molar-refractivity contribution < 1.29 is 14.6 Å². The molecule has 2 fully saturated rings. The largest absolute Gasteiger partial charge is 0.444 e. The van der Waals surface area contributed by atoms with Gasteiger partial charge in [0.1, 0.15) is 5.60 Å². The summed E-state index contributed by atoms with van der Waals surface area (Å²) >= 11 is 0. The Morgan fingerprint density at radius 1 is 1.47 bits per heavy atom. The molecule has 1 heterocycles. The molecular weight excluding hydrogens is 218 g/mol. The predicted molar refractivity (Wildman–Crippen MR) is 64.7 cm³/mol. The van der Waals surface area contributed by atoms with Crippen LogP contribution in [-0.2, 0) is 4.74 Å². The van der Waals surface area contributed by atoms with Crippen LogP contribution >= 0.6 is 0 Å². The van der Waals surface area contributed by atoms with Gasteiger partial charge in [-0.3, -0.25) is 0 Å². The van der Waals surface area contributed by atoms with Crippen LogP contribution < -0.4 is 0 Å². The SMILES string of the molecule is CC(C)(C)OC(=O)N1CCC(CO)(C2CC2)C1. The molecule has 1 aliphatic carbocycles. The van der Waals surface area contributed by atoms with Gasteiger partial charge in [-0.1, -0.05) is 0 Å². The molecule has 0 aromatic heterocycles. The molecule has 0 aromatic rings. The molecule has 0 radical (unpaired) electrons. The quantitative estimate of drug-likeness (QED) is 0.804. The average Bonchev–Trinajstić information content (AvgIpc) is 2.97. The fourth-order valence-electron chi connectivity index (χ4n) is 2.67. The monoisotopic (exact) mass is 241 g/mol. The summed E-state index contributed by atoms with van der Waals surface area (Å²) in [6.45, 7) is 7.19. The van der Waals surface area contributed by atoms with E-state index < -0.39 is 5.60 Å². The lowest BCUT2D eigenvalue weighted by Gasteiger charge is -2.28. The molecule has 1 unspecified atom stereocenters. The second-order valence-corrected chi connectivity index (χ2v) is 6.45. The van der Waals surface area contributed by atoms with Gasteiger partial charge in [0, 0.05) is 18.5 Å². The van der Waals surface area contributed by atoms with Crippen LogP contribution in [0.15, 0.2) is 0 Å². The number of rotatable bonds is 2. The first-order valence-electron chi connectivity index (χ1n) is 6.45. The molecule has 0 bridgehead atoms. The Labute approximate surface area is 103 Å². The van der Waals surface area contributed by atoms with Crippen molar-refractivity contribution in [2.45, 2.75) is 45.6 Å². The number of hydrogen-bond acceptors (Lipinski definition) is 3. The highest BCUT2D eigenvalue weighted by Crippen LogP contribution is 2.50. The molecule has 2 aliphatic rings. The average molecular weight is 241 g/mol. The number of nitrogens with zero attached hydrogens (tertiary/aromatic N) is 1. The van der Waals surface area contributed by atoms with Crippen LogP contribution in [0.1, 0.15) is 40.0 Å². The molecule has 0 aromatic carbocycles. The van der Waals surface area contributed by atoms with Gasteiger partial charge in [0.05, 0.1) is 6.61 Å². The molecule has 98 valence electrons. The number of hydrogen-bond donors (Lipinski definition) is 1. The highest BCUT2D eigenvalue weighted by Gasteiger charge is 2.50. The summed E-state index contributed by atoms with van der Waals surface area (Å²) in [6.07, 6.45) is 3.06. The fourth-order valence-corrected chi connectivity index (χ4v) is 2.67. The van der Waals surface area contributed by atoms with Crippen molar-refractivity contribution in [2.75, 3.05) is 19.7 Å². The molecule has 2 rings (SSSR count). The summed E-state index contributed by atoms with van der Waals surface area (Å²) in [7, 11) is 0. The van der Waals surface area contributed by atoms with Gasteiger partial charge in [-0.2, -0.15) is 0 Å². The van der Waals surface area contributed by atoms with Crippen LogP contribution in [-0.4, -0.2) is 41.4 Å². The lowest BCUT2D eigenvalue weighted by atomic mass is 9.83. The molecule has 4 nitrogen and oxygen atoms in total. The number of carbonyl (C=O) groups is 1. The van der Waals surface area contributed by atoms with Crippen molar-refractivity contribution in [3.63, 3.8) is 0 Å². The zero-order valence-corrected chi connectivity index (χ0v) is 11.0. The third-order valence-corrected chi connectivity index (χ3v) is 3.80. The molecule has 1 atom stereocenters. The molecule has 0 spiro atoms. The third kappa shape index (κ3) is 2.73. The standard InChI is InChI=1S/C13H23NO3/c1-12(2,3)17-11(16)14-7-6-13(8-14,9-15)10-4-5-10/h10,15H,4-9H2,1-3H3. The van der Waals surface area contributed by atoms with Crippen molar-refractivity contribution in [2.24, 2.45) is 11.3 Å². The maximum Gasteiger partial charge on any atom is 0.410 e. The molecule has 1 saturated heterocycles. The molecule has 1 N–H and O–H groups in total. The normalized spacial score (nSPS) is 29.5. The third-order valence-electron chi connectivity index (χ3n) is 3.80. The van der Waals surface area contributed by atoms with Gasteiger partial charge in [0.2, 0.25) is 0 Å². The molecular formula is C13H23NO3. The summed E-state index contributed by atoms with van der Waals surface area (Å²) in [4.78, 5) is 13.7. The van der Waals surface area contributed by atoms with E-state index in [4.69, 9.17) is 4.74 Å². The first-order chi connectivity index (χ1) is 7.86. The molecule has 1 amide bonds. The van der Waals surface area contributed by atoms with Gasteiger partial charge in [0.15, 0.2) is 0 Å². The Bertz CT molecular complexity index is 306. The van der Waals surface area contributed by atoms with Gasteiger partial charge in [-0.05, 0) is 46.0 Å². The molecule has 17 heavy (non-hydrogen) atoms. The summed E-state index contributed by atoms with van der Waals surface area (Å²) in [5, 5.41) is 9.58. The smallest absolute Gasteiger partial charge is 0.410 e. The second-order valence-electron chi connectivity index (χ2n) is 6.45. The van der Waals surface area contributed by atoms with Gasteiger partial charge >= 0.3 is 6.09 Å². The maximum absolute atomic E-state index is 11.9. The number of carbonyl (C=O) groups excluding carboxylic acids is 1. The van der Waals surface area contributed by atoms with Crippen LogP contribution in [0.2, 0.25) is 0 Å². The molecule has 4 heteroatoms. The number of likely N-dealkylation sites (tertiary alicyclic amines) is 1. The molecule has 1 saturated carbocycles. The van der Waals surface area contributed by atoms with Crippen molar-refractivity contribution in [3.05, 3.63) is 0 Å². The van der Waals surface area contributed by atoms with E-state index in [1.807, 2.05) is 20.8 Å². The van der Waals surface area contributed by atoms with Crippen LogP contribution in [0, 0.1) is 11.3 Å². The first kappa shape index (κ1) is 12.7. The Morgan fingerprint density at radius 2 is 2.12 bits per heavy atom. The van der Waals surface area contributed by atoms with Crippen molar-refractivity contribution in [3.8, 4) is 0 Å². The van der Waals surface area contributed by atoms with Crippen LogP contribution in [0.25, 0.3) is 0 Å². The first-order valence-corrected chi connectivity index (χ1v) is 6.45. The Balaban J connectivity index is 1.95. The number of amides is 1. The molecule has 1 aliphatic heterocycles. The lowest BCUT2D eigenvalue weighted by Crippen LogP contribution is -2.38. The van der Waals surface area contributed by atoms with Crippen molar-refractivity contribution in [1.29, 1.82) is 0 Å². The predicted octanol–water partition coefficient (Wildman–Crippen LogP) is 2.02. The van der Waals surface area contributed by atoms with E-state index >= 15 is 0 Å². The minimum Gasteiger partial charge on any atom is -0.444 e. The van der Waals surface area contributed by atoms with Crippen molar-refractivity contribution >= 4 is 6.09 Å². The Kier molecular flexibility index (Phi) is 3.10. The topological polar surface area (TPSA) is 49.8 Å². The number of aliphatic hydroxyl groups excluding tert-OH is 1. The number of ether oxygens (including phenoxy) is 1. The van der Waals surface area contributed by atoms with Crippen molar-refractivity contribution in [1.82, 2.24) is 4.90 Å². The minimum atomic E-state index is -0.443. The van der Waals surface area contributed by atoms with Gasteiger partial charge < -0.3 is 14.7 Å². The second kappa shape index (κ2) is 4.16. The maximum atomic E-state index is 11.9. The van der Waals surface area contributed by atoms with Crippen LogP contribution in [0.5, 0.6) is 0 Å². The van der Waals surface area contributed by atoms with Crippen LogP contribution in [0.3, 0.4) is 0 Å². The number of aliphatic hydroxyl groups is 1. The van der Waals surface area contributed by atoms with E-state index in [0.717, 1.165) is 6.42 Å². The lowest BCUT2D eigenvalue weighted by molar-refractivity contribution is 0.0242. The van der Waals surface area contributed by atoms with Gasteiger partial charge in [-0.25, -0.2) is 4.79 Å². The van der Waals surface area contributed by atoms with Gasteiger partial charge in [0.25, 0.3) is 0 Å². The Hall–Kier alpha value is -0.770. The van der Waals surface area contributed by atoms with E-state index in [2.05, 4.69) is 0 Å². The highest BCUT2D eigenvalue weighted by atomic mass is 16.6. The summed E-state index contributed by atoms with van der Waals surface area (Å²) < 4.78 is 5.36. The summed E-state index contributed by atoms with van der Waals surface area (Å²) in [6, 6.07) is 0. The highest BCUT2D eigenvalue weighted by molar-refractivity contribution is 5.68. The fraction of sp³-hybridized carbons (Fsp3) is 0.923. The minimum absolute atomic E-state index is 0.0447. The van der Waals surface area contributed by atoms with Crippen LogP contribution in [0.4, 0.5) is 4.79 Å². The van der Waals surface area contributed by atoms with Gasteiger partial charge in [-0.15, -0.1) is 0 Å². The van der Waals surface area contributed by atoms with E-state index in [1.165, 1.54) is 12.8 Å². The van der Waals surface area contributed by atoms with E-state index in [9.17, 15) is 9.90 Å².